The molecule has 13 heteroatoms. The number of benzene rings is 1. The Morgan fingerprint density at radius 2 is 1.52 bits per heavy atom. The number of alkyl carbamates (subject to hydrolysis) is 2. The van der Waals surface area contributed by atoms with E-state index in [9.17, 15) is 24.0 Å². The van der Waals surface area contributed by atoms with Crippen molar-refractivity contribution in [1.82, 2.24) is 20.9 Å². The number of rotatable bonds is 12. The summed E-state index contributed by atoms with van der Waals surface area (Å²) in [5.41, 5.74) is 4.81. The van der Waals surface area contributed by atoms with E-state index in [0.29, 0.717) is 6.42 Å². The van der Waals surface area contributed by atoms with Gasteiger partial charge in [-0.25, -0.2) is 14.4 Å². The van der Waals surface area contributed by atoms with Crippen molar-refractivity contribution in [2.75, 3.05) is 26.2 Å². The monoisotopic (exact) mass is 565 g/mol. The number of hydrogen-bond acceptors (Lipinski definition) is 9. The molecule has 0 heterocycles. The van der Waals surface area contributed by atoms with Crippen molar-refractivity contribution in [2.24, 2.45) is 5.73 Å². The van der Waals surface area contributed by atoms with Crippen molar-refractivity contribution in [2.45, 2.75) is 78.2 Å². The lowest BCUT2D eigenvalue weighted by molar-refractivity contribution is -0.133. The molecule has 1 aromatic rings. The van der Waals surface area contributed by atoms with Gasteiger partial charge in [0.05, 0.1) is 0 Å². The molecule has 5 N–H and O–H groups in total. The van der Waals surface area contributed by atoms with Crippen molar-refractivity contribution in [3.63, 3.8) is 0 Å². The smallest absolute Gasteiger partial charge is 0.411 e. The van der Waals surface area contributed by atoms with Crippen LogP contribution < -0.4 is 21.7 Å². The Balaban J connectivity index is 2.85. The van der Waals surface area contributed by atoms with Crippen molar-refractivity contribution >= 4 is 30.1 Å². The third-order valence-corrected chi connectivity index (χ3v) is 4.88. The lowest BCUT2D eigenvalue weighted by Gasteiger charge is -2.33. The summed E-state index contributed by atoms with van der Waals surface area (Å²) in [5, 5.41) is 7.01. The van der Waals surface area contributed by atoms with Gasteiger partial charge in [-0.05, 0) is 66.5 Å². The standard InChI is InChI=1S/C27H43N5O8/c1-26(2,3)39-24(36)29-15-16-32(25(37)40-27(4,5)6)20(13-10-14-28)22(34)31-21(33)17-30-23(35)38-18-19-11-8-7-9-12-19/h7-9,11-12,20H,10,13-18,28H2,1-6H3,(H,29,36)(H,30,35)(H,31,33,34)/t20-/m0/s1. The molecule has 13 nitrogen and oxygen atoms in total. The van der Waals surface area contributed by atoms with Crippen LogP contribution in [0.15, 0.2) is 30.3 Å². The number of ether oxygens (including phenoxy) is 3. The van der Waals surface area contributed by atoms with Crippen molar-refractivity contribution < 1.29 is 38.2 Å². The van der Waals surface area contributed by atoms with Gasteiger partial charge in [-0.2, -0.15) is 0 Å². The maximum absolute atomic E-state index is 13.1. The van der Waals surface area contributed by atoms with Crippen LogP contribution in [-0.2, 0) is 30.4 Å². The van der Waals surface area contributed by atoms with Gasteiger partial charge in [-0.3, -0.25) is 19.8 Å². The topological polar surface area (TPSA) is 178 Å². The van der Waals surface area contributed by atoms with E-state index in [-0.39, 0.29) is 32.7 Å². The van der Waals surface area contributed by atoms with Crippen LogP contribution >= 0.6 is 0 Å². The first kappa shape index (κ1) is 34.2. The third-order valence-electron chi connectivity index (χ3n) is 4.88. The Kier molecular flexibility index (Phi) is 13.9. The molecule has 0 fully saturated rings. The highest BCUT2D eigenvalue weighted by molar-refractivity contribution is 6.00. The molecule has 0 aromatic heterocycles. The third kappa shape index (κ3) is 14.9. The Hall–Kier alpha value is -3.87. The highest BCUT2D eigenvalue weighted by Gasteiger charge is 2.33. The molecule has 0 aliphatic rings. The summed E-state index contributed by atoms with van der Waals surface area (Å²) >= 11 is 0. The van der Waals surface area contributed by atoms with Gasteiger partial charge >= 0.3 is 18.3 Å². The molecule has 0 saturated heterocycles. The second-order valence-electron chi connectivity index (χ2n) is 10.9. The zero-order valence-electron chi connectivity index (χ0n) is 24.2. The summed E-state index contributed by atoms with van der Waals surface area (Å²) in [6.07, 6.45) is -1.87. The molecule has 5 amide bonds. The fraction of sp³-hybridized carbons (Fsp3) is 0.593. The first-order chi connectivity index (χ1) is 18.6. The number of carbonyl (C=O) groups excluding carboxylic acids is 5. The molecule has 40 heavy (non-hydrogen) atoms. The highest BCUT2D eigenvalue weighted by atomic mass is 16.6. The fourth-order valence-corrected chi connectivity index (χ4v) is 3.22. The second kappa shape index (κ2) is 16.3. The first-order valence-corrected chi connectivity index (χ1v) is 13.1. The first-order valence-electron chi connectivity index (χ1n) is 13.1. The molecule has 0 aliphatic heterocycles. The highest BCUT2D eigenvalue weighted by Crippen LogP contribution is 2.15. The van der Waals surface area contributed by atoms with Gasteiger partial charge in [0.2, 0.25) is 11.8 Å². The number of nitrogens with zero attached hydrogens (tertiary/aromatic N) is 1. The lowest BCUT2D eigenvalue weighted by atomic mass is 10.1. The SMILES string of the molecule is CC(C)(C)OC(=O)NCCN(C(=O)OC(C)(C)C)[C@@H](CCCN)C(=O)NC(=O)CNC(=O)OCc1ccccc1. The molecule has 0 unspecified atom stereocenters. The van der Waals surface area contributed by atoms with E-state index in [4.69, 9.17) is 19.9 Å². The van der Waals surface area contributed by atoms with E-state index in [1.54, 1.807) is 65.8 Å². The van der Waals surface area contributed by atoms with Gasteiger partial charge in [0.15, 0.2) is 0 Å². The van der Waals surface area contributed by atoms with Gasteiger partial charge < -0.3 is 30.6 Å². The van der Waals surface area contributed by atoms with Gasteiger partial charge in [-0.1, -0.05) is 30.3 Å². The Bertz CT molecular complexity index is 989. The molecule has 0 bridgehead atoms. The number of amides is 5. The summed E-state index contributed by atoms with van der Waals surface area (Å²) in [4.78, 5) is 63.8. The summed E-state index contributed by atoms with van der Waals surface area (Å²) in [6.45, 7) is 9.68. The fourth-order valence-electron chi connectivity index (χ4n) is 3.22. The van der Waals surface area contributed by atoms with E-state index in [1.807, 2.05) is 6.07 Å². The van der Waals surface area contributed by atoms with Crippen LogP contribution in [-0.4, -0.2) is 78.4 Å². The van der Waals surface area contributed by atoms with Crippen LogP contribution in [0.1, 0.15) is 59.9 Å². The number of carbonyl (C=O) groups is 5. The van der Waals surface area contributed by atoms with Gasteiger partial charge in [0.1, 0.15) is 30.4 Å². The molecule has 1 aromatic carbocycles. The van der Waals surface area contributed by atoms with Crippen molar-refractivity contribution in [3.8, 4) is 0 Å². The second-order valence-corrected chi connectivity index (χ2v) is 10.9. The van der Waals surface area contributed by atoms with Crippen molar-refractivity contribution in [3.05, 3.63) is 35.9 Å². The van der Waals surface area contributed by atoms with E-state index >= 15 is 0 Å². The average Bonchev–Trinajstić information content (AvgIpc) is 2.83. The summed E-state index contributed by atoms with van der Waals surface area (Å²) in [5.74, 6) is -1.60. The molecule has 224 valence electrons. The minimum absolute atomic E-state index is 0.0105. The molecular formula is C27H43N5O8. The number of imide groups is 1. The zero-order chi connectivity index (χ0) is 30.3. The molecule has 0 radical (unpaired) electrons. The Morgan fingerprint density at radius 3 is 2.10 bits per heavy atom. The maximum atomic E-state index is 13.1. The summed E-state index contributed by atoms with van der Waals surface area (Å²) < 4.78 is 15.7. The molecule has 1 atom stereocenters. The average molecular weight is 566 g/mol. The normalized spacial score (nSPS) is 12.0. The maximum Gasteiger partial charge on any atom is 0.411 e. The number of nitrogens with two attached hydrogens (primary N) is 1. The number of nitrogens with one attached hydrogen (secondary N) is 3. The largest absolute Gasteiger partial charge is 0.445 e. The molecule has 0 aliphatic carbocycles. The van der Waals surface area contributed by atoms with Crippen LogP contribution in [0.4, 0.5) is 14.4 Å². The Morgan fingerprint density at radius 1 is 0.900 bits per heavy atom. The van der Waals surface area contributed by atoms with Gasteiger partial charge in [0, 0.05) is 13.1 Å². The van der Waals surface area contributed by atoms with Crippen LogP contribution in [0.25, 0.3) is 0 Å². The zero-order valence-corrected chi connectivity index (χ0v) is 24.2. The van der Waals surface area contributed by atoms with E-state index in [1.165, 1.54) is 0 Å². The summed E-state index contributed by atoms with van der Waals surface area (Å²) in [6, 6.07) is 7.83. The van der Waals surface area contributed by atoms with Crippen molar-refractivity contribution in [1.29, 1.82) is 0 Å². The van der Waals surface area contributed by atoms with Crippen LogP contribution in [0.2, 0.25) is 0 Å². The lowest BCUT2D eigenvalue weighted by Crippen LogP contribution is -2.55. The molecular weight excluding hydrogens is 522 g/mol. The predicted molar refractivity (Wildman–Crippen MR) is 147 cm³/mol. The molecule has 0 saturated carbocycles. The predicted octanol–water partition coefficient (Wildman–Crippen LogP) is 2.42. The molecule has 1 rings (SSSR count). The Labute approximate surface area is 235 Å². The van der Waals surface area contributed by atoms with E-state index in [2.05, 4.69) is 16.0 Å². The van der Waals surface area contributed by atoms with Gasteiger partial charge in [0.25, 0.3) is 0 Å². The van der Waals surface area contributed by atoms with Crippen LogP contribution in [0.5, 0.6) is 0 Å². The van der Waals surface area contributed by atoms with E-state index in [0.717, 1.165) is 10.5 Å². The van der Waals surface area contributed by atoms with E-state index < -0.39 is 53.9 Å². The van der Waals surface area contributed by atoms with Gasteiger partial charge in [-0.15, -0.1) is 0 Å². The van der Waals surface area contributed by atoms with Crippen LogP contribution in [0.3, 0.4) is 0 Å². The minimum Gasteiger partial charge on any atom is -0.445 e. The molecule has 0 spiro atoms. The number of hydrogen-bond donors (Lipinski definition) is 4. The summed E-state index contributed by atoms with van der Waals surface area (Å²) in [7, 11) is 0. The quantitative estimate of drug-likeness (QED) is 0.277. The van der Waals surface area contributed by atoms with Crippen LogP contribution in [0, 0.1) is 0 Å². The minimum atomic E-state index is -1.15.